The van der Waals surface area contributed by atoms with Gasteiger partial charge in [-0.05, 0) is 52.2 Å². The van der Waals surface area contributed by atoms with Crippen LogP contribution in [0.5, 0.6) is 0 Å². The lowest BCUT2D eigenvalue weighted by Crippen LogP contribution is -2.52. The minimum absolute atomic E-state index is 0.0426. The molecule has 6 nitrogen and oxygen atoms in total. The third kappa shape index (κ3) is 4.59. The number of amides is 1. The van der Waals surface area contributed by atoms with Gasteiger partial charge in [-0.1, -0.05) is 17.7 Å². The fourth-order valence-electron chi connectivity index (χ4n) is 3.07. The van der Waals surface area contributed by atoms with Gasteiger partial charge in [0.15, 0.2) is 0 Å². The van der Waals surface area contributed by atoms with Crippen LogP contribution in [-0.2, 0) is 14.8 Å². The summed E-state index contributed by atoms with van der Waals surface area (Å²) in [5.74, 6) is -0.213. The molecule has 0 unspecified atom stereocenters. The molecule has 3 N–H and O–H groups in total. The fourth-order valence-corrected chi connectivity index (χ4v) is 4.75. The molecule has 25 heavy (non-hydrogen) atoms. The Labute approximate surface area is 150 Å². The fraction of sp³-hybridized carbons (Fsp3) is 0.611. The van der Waals surface area contributed by atoms with Crippen LogP contribution in [0.4, 0.5) is 0 Å². The van der Waals surface area contributed by atoms with Crippen LogP contribution in [0, 0.1) is 19.8 Å². The van der Waals surface area contributed by atoms with Crippen LogP contribution < -0.4 is 11.1 Å². The summed E-state index contributed by atoms with van der Waals surface area (Å²) < 4.78 is 27.2. The summed E-state index contributed by atoms with van der Waals surface area (Å²) >= 11 is 0. The number of nitrogens with one attached hydrogen (secondary N) is 1. The van der Waals surface area contributed by atoms with E-state index >= 15 is 0 Å². The smallest absolute Gasteiger partial charge is 0.243 e. The number of nitrogens with zero attached hydrogens (tertiary/aromatic N) is 1. The molecule has 1 fully saturated rings. The molecule has 0 radical (unpaired) electrons. The highest BCUT2D eigenvalue weighted by Gasteiger charge is 2.34. The van der Waals surface area contributed by atoms with Gasteiger partial charge in [0.1, 0.15) is 0 Å². The Bertz CT molecular complexity index is 736. The summed E-state index contributed by atoms with van der Waals surface area (Å²) in [6.07, 6.45) is 1.05. The van der Waals surface area contributed by atoms with Crippen molar-refractivity contribution in [2.75, 3.05) is 19.6 Å². The van der Waals surface area contributed by atoms with Gasteiger partial charge in [-0.25, -0.2) is 8.42 Å². The molecule has 1 aromatic carbocycles. The number of aryl methyl sites for hydroxylation is 2. The molecule has 0 aromatic heterocycles. The molecule has 1 aromatic rings. The number of nitrogens with two attached hydrogens (primary N) is 1. The van der Waals surface area contributed by atoms with Gasteiger partial charge in [0.2, 0.25) is 15.9 Å². The predicted molar refractivity (Wildman–Crippen MR) is 98.7 cm³/mol. The maximum absolute atomic E-state index is 12.9. The normalized spacial score (nSPS) is 17.5. The van der Waals surface area contributed by atoms with E-state index in [1.807, 2.05) is 39.8 Å². The van der Waals surface area contributed by atoms with Crippen molar-refractivity contribution in [3.05, 3.63) is 29.3 Å². The highest BCUT2D eigenvalue weighted by Crippen LogP contribution is 2.26. The first kappa shape index (κ1) is 19.9. The molecule has 2 rings (SSSR count). The average Bonchev–Trinajstić information content (AvgIpc) is 2.54. The van der Waals surface area contributed by atoms with Gasteiger partial charge in [0.05, 0.1) is 4.90 Å². The summed E-state index contributed by atoms with van der Waals surface area (Å²) in [5, 5.41) is 2.94. The van der Waals surface area contributed by atoms with Crippen LogP contribution in [0.1, 0.15) is 37.8 Å². The van der Waals surface area contributed by atoms with Gasteiger partial charge in [-0.15, -0.1) is 0 Å². The van der Waals surface area contributed by atoms with Crippen molar-refractivity contribution in [3.63, 3.8) is 0 Å². The highest BCUT2D eigenvalue weighted by atomic mass is 32.2. The number of hydrogen-bond acceptors (Lipinski definition) is 4. The van der Waals surface area contributed by atoms with Crippen LogP contribution in [-0.4, -0.2) is 43.8 Å². The van der Waals surface area contributed by atoms with Crippen molar-refractivity contribution in [2.45, 2.75) is 51.0 Å². The van der Waals surface area contributed by atoms with E-state index in [2.05, 4.69) is 5.32 Å². The average molecular weight is 368 g/mol. The highest BCUT2D eigenvalue weighted by molar-refractivity contribution is 7.89. The molecule has 0 spiro atoms. The predicted octanol–water partition coefficient (Wildman–Crippen LogP) is 1.56. The molecule has 0 saturated carbocycles. The number of carbonyl (C=O) groups excluding carboxylic acids is 1. The Hall–Kier alpha value is -1.44. The van der Waals surface area contributed by atoms with Gasteiger partial charge in [0.25, 0.3) is 0 Å². The zero-order valence-corrected chi connectivity index (χ0v) is 16.3. The maximum atomic E-state index is 12.9. The third-order valence-corrected chi connectivity index (χ3v) is 6.80. The summed E-state index contributed by atoms with van der Waals surface area (Å²) in [6, 6.07) is 5.36. The van der Waals surface area contributed by atoms with E-state index in [1.54, 1.807) is 6.07 Å². The van der Waals surface area contributed by atoms with E-state index < -0.39 is 15.6 Å². The van der Waals surface area contributed by atoms with Crippen molar-refractivity contribution in [2.24, 2.45) is 11.7 Å². The zero-order chi connectivity index (χ0) is 18.8. The van der Waals surface area contributed by atoms with Gasteiger partial charge in [0, 0.05) is 31.1 Å². The molecule has 140 valence electrons. The third-order valence-electron chi connectivity index (χ3n) is 4.74. The summed E-state index contributed by atoms with van der Waals surface area (Å²) in [7, 11) is -3.52. The van der Waals surface area contributed by atoms with Crippen LogP contribution in [0.25, 0.3) is 0 Å². The number of rotatable bonds is 5. The molecule has 0 atom stereocenters. The number of piperidine rings is 1. The van der Waals surface area contributed by atoms with Gasteiger partial charge < -0.3 is 11.1 Å². The van der Waals surface area contributed by atoms with Crippen LogP contribution in [0.3, 0.4) is 0 Å². The quantitative estimate of drug-likeness (QED) is 0.826. The maximum Gasteiger partial charge on any atom is 0.243 e. The summed E-state index contributed by atoms with van der Waals surface area (Å²) in [6.45, 7) is 8.59. The molecule has 1 aliphatic rings. The monoisotopic (exact) mass is 367 g/mol. The zero-order valence-electron chi connectivity index (χ0n) is 15.5. The van der Waals surface area contributed by atoms with E-state index in [0.29, 0.717) is 37.4 Å². The second-order valence-electron chi connectivity index (χ2n) is 7.52. The molecule has 7 heteroatoms. The van der Waals surface area contributed by atoms with Crippen molar-refractivity contribution in [3.8, 4) is 0 Å². The first-order valence-electron chi connectivity index (χ1n) is 8.66. The number of hydrogen-bond donors (Lipinski definition) is 2. The molecular weight excluding hydrogens is 338 g/mol. The molecule has 1 saturated heterocycles. The van der Waals surface area contributed by atoms with Crippen molar-refractivity contribution < 1.29 is 13.2 Å². The number of carbonyl (C=O) groups is 1. The van der Waals surface area contributed by atoms with Crippen molar-refractivity contribution in [1.82, 2.24) is 9.62 Å². The lowest BCUT2D eigenvalue weighted by Gasteiger charge is -2.33. The largest absolute Gasteiger partial charge is 0.350 e. The second-order valence-corrected chi connectivity index (χ2v) is 9.43. The SMILES string of the molecule is Cc1ccc(S(=O)(=O)N2CCC(C(=O)NC(C)(C)CN)CC2)c(C)c1. The molecule has 1 aliphatic heterocycles. The Balaban J connectivity index is 2.05. The molecule has 1 amide bonds. The Morgan fingerprint density at radius 3 is 2.40 bits per heavy atom. The number of sulfonamides is 1. The van der Waals surface area contributed by atoms with E-state index in [1.165, 1.54) is 4.31 Å². The Morgan fingerprint density at radius 1 is 1.28 bits per heavy atom. The van der Waals surface area contributed by atoms with Crippen LogP contribution in [0.2, 0.25) is 0 Å². The first-order valence-corrected chi connectivity index (χ1v) is 10.1. The molecular formula is C18H29N3O3S. The summed E-state index contributed by atoms with van der Waals surface area (Å²) in [5.41, 5.74) is 7.00. The van der Waals surface area contributed by atoms with Gasteiger partial charge >= 0.3 is 0 Å². The standard InChI is InChI=1S/C18H29N3O3S/c1-13-5-6-16(14(2)11-13)25(23,24)21-9-7-15(8-10-21)17(22)20-18(3,4)12-19/h5-6,11,15H,7-10,12,19H2,1-4H3,(H,20,22). The van der Waals surface area contributed by atoms with Gasteiger partial charge in [-0.3, -0.25) is 4.79 Å². The second kappa shape index (κ2) is 7.43. The van der Waals surface area contributed by atoms with Crippen LogP contribution >= 0.6 is 0 Å². The Morgan fingerprint density at radius 2 is 1.88 bits per heavy atom. The first-order chi connectivity index (χ1) is 11.6. The minimum Gasteiger partial charge on any atom is -0.350 e. The van der Waals surface area contributed by atoms with Gasteiger partial charge in [-0.2, -0.15) is 4.31 Å². The lowest BCUT2D eigenvalue weighted by atomic mass is 9.95. The molecule has 0 bridgehead atoms. The van der Waals surface area contributed by atoms with E-state index in [0.717, 1.165) is 11.1 Å². The summed E-state index contributed by atoms with van der Waals surface area (Å²) in [4.78, 5) is 12.7. The minimum atomic E-state index is -3.52. The molecule has 0 aliphatic carbocycles. The lowest BCUT2D eigenvalue weighted by molar-refractivity contribution is -0.127. The van der Waals surface area contributed by atoms with E-state index in [9.17, 15) is 13.2 Å². The topological polar surface area (TPSA) is 92.5 Å². The molecule has 1 heterocycles. The Kier molecular flexibility index (Phi) is 5.91. The van der Waals surface area contributed by atoms with E-state index in [4.69, 9.17) is 5.73 Å². The van der Waals surface area contributed by atoms with Crippen LogP contribution in [0.15, 0.2) is 23.1 Å². The van der Waals surface area contributed by atoms with Crippen molar-refractivity contribution >= 4 is 15.9 Å². The number of benzene rings is 1. The van der Waals surface area contributed by atoms with Crippen molar-refractivity contribution in [1.29, 1.82) is 0 Å². The van der Waals surface area contributed by atoms with E-state index in [-0.39, 0.29) is 11.8 Å².